The van der Waals surface area contributed by atoms with Gasteiger partial charge in [-0.15, -0.1) is 0 Å². The Balaban J connectivity index is 1.77. The Morgan fingerprint density at radius 1 is 1.05 bits per heavy atom. The number of aromatic nitrogens is 1. The summed E-state index contributed by atoms with van der Waals surface area (Å²) in [6.07, 6.45) is 3.89. The van der Waals surface area contributed by atoms with Crippen molar-refractivity contribution in [2.24, 2.45) is 0 Å². The van der Waals surface area contributed by atoms with Crippen LogP contribution in [-0.2, 0) is 0 Å². The van der Waals surface area contributed by atoms with E-state index in [4.69, 9.17) is 0 Å². The molecular formula is C18H16N2O2. The van der Waals surface area contributed by atoms with E-state index < -0.39 is 0 Å². The Hall–Kier alpha value is -3.01. The van der Waals surface area contributed by atoms with Crippen molar-refractivity contribution in [3.63, 3.8) is 0 Å². The number of hydrogen-bond acceptors (Lipinski definition) is 2. The van der Waals surface area contributed by atoms with Gasteiger partial charge in [0, 0.05) is 23.6 Å². The molecule has 0 aliphatic rings. The van der Waals surface area contributed by atoms with Gasteiger partial charge < -0.3 is 15.0 Å². The number of phenolic OH excluding ortho intramolecular Hbond substituents is 1. The highest BCUT2D eigenvalue weighted by Gasteiger charge is 2.09. The van der Waals surface area contributed by atoms with Gasteiger partial charge in [0.05, 0.1) is 5.69 Å². The molecule has 0 fully saturated rings. The number of nitrogens with one attached hydrogen (secondary N) is 1. The van der Waals surface area contributed by atoms with Gasteiger partial charge in [0.1, 0.15) is 5.75 Å². The van der Waals surface area contributed by atoms with E-state index in [9.17, 15) is 9.90 Å². The van der Waals surface area contributed by atoms with E-state index in [2.05, 4.69) is 5.32 Å². The van der Waals surface area contributed by atoms with Gasteiger partial charge in [-0.3, -0.25) is 4.79 Å². The number of rotatable bonds is 3. The molecule has 0 aliphatic carbocycles. The first kappa shape index (κ1) is 13.9. The summed E-state index contributed by atoms with van der Waals surface area (Å²) in [7, 11) is 0. The minimum atomic E-state index is -0.252. The maximum absolute atomic E-state index is 12.2. The molecule has 0 atom stereocenters. The minimum Gasteiger partial charge on any atom is -0.506 e. The monoisotopic (exact) mass is 292 g/mol. The fourth-order valence-electron chi connectivity index (χ4n) is 2.23. The molecule has 1 heterocycles. The third-order valence-corrected chi connectivity index (χ3v) is 3.43. The quantitative estimate of drug-likeness (QED) is 0.722. The van der Waals surface area contributed by atoms with Gasteiger partial charge in [0.15, 0.2) is 0 Å². The highest BCUT2D eigenvalue weighted by atomic mass is 16.3. The van der Waals surface area contributed by atoms with Crippen LogP contribution in [0.5, 0.6) is 5.75 Å². The first-order chi connectivity index (χ1) is 10.6. The number of nitrogens with zero attached hydrogens (tertiary/aromatic N) is 1. The van der Waals surface area contributed by atoms with Crippen molar-refractivity contribution in [1.29, 1.82) is 0 Å². The van der Waals surface area contributed by atoms with Crippen molar-refractivity contribution < 1.29 is 9.90 Å². The lowest BCUT2D eigenvalue weighted by atomic mass is 10.1. The molecule has 2 aromatic carbocycles. The van der Waals surface area contributed by atoms with Crippen LogP contribution in [0.2, 0.25) is 0 Å². The third kappa shape index (κ3) is 2.86. The van der Waals surface area contributed by atoms with Crippen LogP contribution >= 0.6 is 0 Å². The van der Waals surface area contributed by atoms with Crippen molar-refractivity contribution in [3.05, 3.63) is 78.1 Å². The standard InChI is InChI=1S/C18H16N2O2/c1-13-4-9-16(17(21)12-13)19-18(22)14-5-7-15(8-6-14)20-10-2-3-11-20/h2-12,21H,1H3,(H,19,22). The molecule has 0 spiro atoms. The topological polar surface area (TPSA) is 54.3 Å². The summed E-state index contributed by atoms with van der Waals surface area (Å²) < 4.78 is 1.97. The average molecular weight is 292 g/mol. The number of hydrogen-bond donors (Lipinski definition) is 2. The Morgan fingerprint density at radius 3 is 2.36 bits per heavy atom. The van der Waals surface area contributed by atoms with Crippen LogP contribution < -0.4 is 5.32 Å². The second kappa shape index (κ2) is 5.77. The second-order valence-electron chi connectivity index (χ2n) is 5.11. The molecule has 4 heteroatoms. The van der Waals surface area contributed by atoms with Crippen LogP contribution in [0.3, 0.4) is 0 Å². The van der Waals surface area contributed by atoms with Gasteiger partial charge in [-0.2, -0.15) is 0 Å². The zero-order valence-corrected chi connectivity index (χ0v) is 12.2. The first-order valence-electron chi connectivity index (χ1n) is 6.98. The van der Waals surface area contributed by atoms with E-state index in [1.54, 1.807) is 24.3 Å². The predicted octanol–water partition coefficient (Wildman–Crippen LogP) is 3.74. The fourth-order valence-corrected chi connectivity index (χ4v) is 2.23. The summed E-state index contributed by atoms with van der Waals surface area (Å²) in [5.74, 6) is -0.185. The van der Waals surface area contributed by atoms with Crippen molar-refractivity contribution in [3.8, 4) is 11.4 Å². The van der Waals surface area contributed by atoms with E-state index >= 15 is 0 Å². The third-order valence-electron chi connectivity index (χ3n) is 3.43. The average Bonchev–Trinajstić information content (AvgIpc) is 3.04. The van der Waals surface area contributed by atoms with E-state index in [0.717, 1.165) is 11.3 Å². The molecule has 0 bridgehead atoms. The predicted molar refractivity (Wildman–Crippen MR) is 86.6 cm³/mol. The van der Waals surface area contributed by atoms with Crippen LogP contribution in [0.15, 0.2) is 67.0 Å². The second-order valence-corrected chi connectivity index (χ2v) is 5.11. The number of phenols is 1. The number of carbonyl (C=O) groups excluding carboxylic acids is 1. The fraction of sp³-hybridized carbons (Fsp3) is 0.0556. The van der Waals surface area contributed by atoms with Crippen molar-refractivity contribution >= 4 is 11.6 Å². The molecule has 1 aromatic heterocycles. The SMILES string of the molecule is Cc1ccc(NC(=O)c2ccc(-n3cccc3)cc2)c(O)c1. The molecule has 0 radical (unpaired) electrons. The largest absolute Gasteiger partial charge is 0.506 e. The summed E-state index contributed by atoms with van der Waals surface area (Å²) in [5.41, 5.74) is 2.87. The van der Waals surface area contributed by atoms with Crippen molar-refractivity contribution in [2.75, 3.05) is 5.32 Å². The number of anilines is 1. The molecule has 2 N–H and O–H groups in total. The molecular weight excluding hydrogens is 276 g/mol. The minimum absolute atomic E-state index is 0.0670. The Bertz CT molecular complexity index is 790. The molecule has 0 aliphatic heterocycles. The van der Waals surface area contributed by atoms with Crippen LogP contribution in [0.25, 0.3) is 5.69 Å². The number of benzene rings is 2. The van der Waals surface area contributed by atoms with Crippen LogP contribution in [-0.4, -0.2) is 15.6 Å². The summed E-state index contributed by atoms with van der Waals surface area (Å²) in [6.45, 7) is 1.88. The summed E-state index contributed by atoms with van der Waals surface area (Å²) >= 11 is 0. The van der Waals surface area contributed by atoms with Gasteiger partial charge in [-0.1, -0.05) is 6.07 Å². The highest BCUT2D eigenvalue weighted by Crippen LogP contribution is 2.24. The molecule has 0 unspecified atom stereocenters. The number of aromatic hydroxyl groups is 1. The Labute approximate surface area is 128 Å². The molecule has 0 saturated carbocycles. The van der Waals surface area contributed by atoms with Gasteiger partial charge in [-0.25, -0.2) is 0 Å². The molecule has 0 saturated heterocycles. The van der Waals surface area contributed by atoms with Gasteiger partial charge in [0.25, 0.3) is 5.91 Å². The lowest BCUT2D eigenvalue weighted by molar-refractivity contribution is 0.102. The molecule has 3 aromatic rings. The van der Waals surface area contributed by atoms with E-state index in [-0.39, 0.29) is 11.7 Å². The number of amides is 1. The van der Waals surface area contributed by atoms with Gasteiger partial charge >= 0.3 is 0 Å². The highest BCUT2D eigenvalue weighted by molar-refractivity contribution is 6.05. The number of carbonyl (C=O) groups is 1. The van der Waals surface area contributed by atoms with Crippen molar-refractivity contribution in [2.45, 2.75) is 6.92 Å². The zero-order valence-electron chi connectivity index (χ0n) is 12.2. The lowest BCUT2D eigenvalue weighted by Gasteiger charge is -2.09. The smallest absolute Gasteiger partial charge is 0.255 e. The van der Waals surface area contributed by atoms with E-state index in [1.165, 1.54) is 0 Å². The van der Waals surface area contributed by atoms with Crippen LogP contribution in [0, 0.1) is 6.92 Å². The maximum atomic E-state index is 12.2. The number of aryl methyl sites for hydroxylation is 1. The van der Waals surface area contributed by atoms with E-state index in [0.29, 0.717) is 11.3 Å². The van der Waals surface area contributed by atoms with Gasteiger partial charge in [-0.05, 0) is 61.0 Å². The van der Waals surface area contributed by atoms with Gasteiger partial charge in [0.2, 0.25) is 0 Å². The molecule has 110 valence electrons. The summed E-state index contributed by atoms with van der Waals surface area (Å²) in [6, 6.07) is 16.3. The Morgan fingerprint density at radius 2 is 1.73 bits per heavy atom. The Kier molecular flexibility index (Phi) is 3.66. The molecule has 3 rings (SSSR count). The molecule has 4 nitrogen and oxygen atoms in total. The molecule has 1 amide bonds. The molecule has 22 heavy (non-hydrogen) atoms. The van der Waals surface area contributed by atoms with Crippen molar-refractivity contribution in [1.82, 2.24) is 4.57 Å². The maximum Gasteiger partial charge on any atom is 0.255 e. The first-order valence-corrected chi connectivity index (χ1v) is 6.98. The van der Waals surface area contributed by atoms with Crippen LogP contribution in [0.1, 0.15) is 15.9 Å². The lowest BCUT2D eigenvalue weighted by Crippen LogP contribution is -2.12. The zero-order chi connectivity index (χ0) is 15.5. The summed E-state index contributed by atoms with van der Waals surface area (Å²) in [5, 5.41) is 12.6. The summed E-state index contributed by atoms with van der Waals surface area (Å²) in [4.78, 5) is 12.2. The normalized spacial score (nSPS) is 10.4. The van der Waals surface area contributed by atoms with Crippen LogP contribution in [0.4, 0.5) is 5.69 Å². The van der Waals surface area contributed by atoms with E-state index in [1.807, 2.05) is 54.2 Å².